The van der Waals surface area contributed by atoms with Gasteiger partial charge in [0, 0.05) is 15.9 Å². The van der Waals surface area contributed by atoms with Crippen molar-refractivity contribution in [2.24, 2.45) is 5.73 Å². The van der Waals surface area contributed by atoms with Gasteiger partial charge >= 0.3 is 12.2 Å². The predicted octanol–water partition coefficient (Wildman–Crippen LogP) is 3.78. The van der Waals surface area contributed by atoms with Crippen molar-refractivity contribution in [2.75, 3.05) is 0 Å². The van der Waals surface area contributed by atoms with E-state index in [2.05, 4.69) is 25.4 Å². The van der Waals surface area contributed by atoms with Crippen LogP contribution in [0.5, 0.6) is 11.5 Å². The van der Waals surface area contributed by atoms with Gasteiger partial charge in [0.1, 0.15) is 0 Å². The zero-order valence-electron chi connectivity index (χ0n) is 10.9. The number of fused-ring (bicyclic) bond motifs is 1. The first-order valence-corrected chi connectivity index (χ1v) is 7.12. The summed E-state index contributed by atoms with van der Waals surface area (Å²) in [4.78, 5) is 0. The third-order valence-electron chi connectivity index (χ3n) is 4.05. The van der Waals surface area contributed by atoms with Crippen LogP contribution in [0.25, 0.3) is 0 Å². The Balaban J connectivity index is 2.07. The molecule has 2 aliphatic rings. The van der Waals surface area contributed by atoms with E-state index in [-0.39, 0.29) is 11.5 Å². The molecule has 0 bridgehead atoms. The highest BCUT2D eigenvalue weighted by molar-refractivity contribution is 9.10. The van der Waals surface area contributed by atoms with Crippen LogP contribution in [-0.2, 0) is 5.41 Å². The van der Waals surface area contributed by atoms with E-state index in [0.717, 1.165) is 12.8 Å². The lowest BCUT2D eigenvalue weighted by Crippen LogP contribution is -2.52. The van der Waals surface area contributed by atoms with Gasteiger partial charge in [-0.3, -0.25) is 0 Å². The van der Waals surface area contributed by atoms with Crippen molar-refractivity contribution in [3.63, 3.8) is 0 Å². The highest BCUT2D eigenvalue weighted by Crippen LogP contribution is 2.56. The van der Waals surface area contributed by atoms with E-state index < -0.39 is 23.7 Å². The summed E-state index contributed by atoms with van der Waals surface area (Å²) in [5.41, 5.74) is 6.27. The molecule has 0 amide bonds. The van der Waals surface area contributed by atoms with Crippen LogP contribution in [-0.4, -0.2) is 18.3 Å². The van der Waals surface area contributed by atoms with Crippen LogP contribution in [0.3, 0.4) is 0 Å². The average molecular weight is 370 g/mol. The van der Waals surface area contributed by atoms with Crippen molar-refractivity contribution in [2.45, 2.75) is 43.4 Å². The summed E-state index contributed by atoms with van der Waals surface area (Å²) in [6.45, 7) is 1.82. The largest absolute Gasteiger partial charge is 0.507 e. The van der Waals surface area contributed by atoms with E-state index in [1.807, 2.05) is 6.92 Å². The standard InChI is InChI=1S/C13H12BrF4NO2/c1-6(19)11(2-3-11)7-4-9-10(5-8(7)14)21-13(17,18)12(15,16)20-9/h4-6H,2-3,19H2,1H3. The molecule has 0 aromatic heterocycles. The van der Waals surface area contributed by atoms with Crippen LogP contribution in [0.15, 0.2) is 16.6 Å². The monoisotopic (exact) mass is 369 g/mol. The summed E-state index contributed by atoms with van der Waals surface area (Å²) in [7, 11) is 0. The van der Waals surface area contributed by atoms with Gasteiger partial charge in [-0.1, -0.05) is 15.9 Å². The second kappa shape index (κ2) is 4.25. The molecule has 1 aliphatic heterocycles. The SMILES string of the molecule is CC(N)C1(c2cc3c(cc2Br)OC(F)(F)C(F)(F)O3)CC1. The molecule has 0 radical (unpaired) electrons. The van der Waals surface area contributed by atoms with E-state index in [1.54, 1.807) is 0 Å². The fraction of sp³-hybridized carbons (Fsp3) is 0.538. The minimum Gasteiger partial charge on any atom is -0.421 e. The summed E-state index contributed by atoms with van der Waals surface area (Å²) in [6.07, 6.45) is -7.82. The quantitative estimate of drug-likeness (QED) is 0.806. The van der Waals surface area contributed by atoms with E-state index in [4.69, 9.17) is 5.73 Å². The number of benzene rings is 1. The number of nitrogens with two attached hydrogens (primary N) is 1. The normalized spacial score (nSPS) is 25.3. The second-order valence-electron chi connectivity index (χ2n) is 5.46. The van der Waals surface area contributed by atoms with Gasteiger partial charge in [-0.2, -0.15) is 17.6 Å². The Morgan fingerprint density at radius 2 is 1.57 bits per heavy atom. The summed E-state index contributed by atoms with van der Waals surface area (Å²) >= 11 is 3.26. The van der Waals surface area contributed by atoms with Crippen molar-refractivity contribution in [3.8, 4) is 11.5 Å². The van der Waals surface area contributed by atoms with Gasteiger partial charge in [0.05, 0.1) is 0 Å². The van der Waals surface area contributed by atoms with Crippen molar-refractivity contribution in [1.29, 1.82) is 0 Å². The maximum atomic E-state index is 13.2. The molecule has 3 nitrogen and oxygen atoms in total. The zero-order chi connectivity index (χ0) is 15.6. The molecular formula is C13H12BrF4NO2. The number of alkyl halides is 4. The first-order chi connectivity index (χ1) is 9.59. The molecule has 1 saturated carbocycles. The number of ether oxygens (including phenoxy) is 2. The Morgan fingerprint density at radius 3 is 2.00 bits per heavy atom. The van der Waals surface area contributed by atoms with Gasteiger partial charge in [0.15, 0.2) is 11.5 Å². The number of hydrogen-bond donors (Lipinski definition) is 1. The molecule has 1 aliphatic carbocycles. The molecule has 0 spiro atoms. The van der Waals surface area contributed by atoms with Crippen molar-refractivity contribution < 1.29 is 27.0 Å². The van der Waals surface area contributed by atoms with Crippen molar-refractivity contribution in [1.82, 2.24) is 0 Å². The number of rotatable bonds is 2. The van der Waals surface area contributed by atoms with Gasteiger partial charge < -0.3 is 15.2 Å². The summed E-state index contributed by atoms with van der Waals surface area (Å²) < 4.78 is 61.5. The summed E-state index contributed by atoms with van der Waals surface area (Å²) in [6, 6.07) is 2.33. The Bertz CT molecular complexity index is 602. The molecule has 3 rings (SSSR count). The van der Waals surface area contributed by atoms with E-state index in [9.17, 15) is 17.6 Å². The van der Waals surface area contributed by atoms with E-state index in [0.29, 0.717) is 10.0 Å². The van der Waals surface area contributed by atoms with Gasteiger partial charge in [0.25, 0.3) is 0 Å². The maximum Gasteiger partial charge on any atom is 0.507 e. The van der Waals surface area contributed by atoms with Crippen LogP contribution in [0, 0.1) is 0 Å². The number of halogens is 5. The molecule has 2 N–H and O–H groups in total. The van der Waals surface area contributed by atoms with Crippen molar-refractivity contribution >= 4 is 15.9 Å². The molecular weight excluding hydrogens is 358 g/mol. The minimum atomic E-state index is -4.71. The predicted molar refractivity (Wildman–Crippen MR) is 69.9 cm³/mol. The third-order valence-corrected chi connectivity index (χ3v) is 4.70. The average Bonchev–Trinajstić information content (AvgIpc) is 3.11. The van der Waals surface area contributed by atoms with E-state index in [1.165, 1.54) is 12.1 Å². The van der Waals surface area contributed by atoms with Crippen molar-refractivity contribution in [3.05, 3.63) is 22.2 Å². The van der Waals surface area contributed by atoms with Crippen LogP contribution in [0.2, 0.25) is 0 Å². The molecule has 1 atom stereocenters. The van der Waals surface area contributed by atoms with Crippen LogP contribution < -0.4 is 15.2 Å². The fourth-order valence-electron chi connectivity index (χ4n) is 2.58. The Labute approximate surface area is 126 Å². The Morgan fingerprint density at radius 1 is 1.10 bits per heavy atom. The van der Waals surface area contributed by atoms with Gasteiger partial charge in [-0.25, -0.2) is 0 Å². The van der Waals surface area contributed by atoms with Gasteiger partial charge in [-0.15, -0.1) is 0 Å². The highest BCUT2D eigenvalue weighted by Gasteiger charge is 2.66. The lowest BCUT2D eigenvalue weighted by atomic mass is 9.89. The molecule has 1 unspecified atom stereocenters. The lowest BCUT2D eigenvalue weighted by Gasteiger charge is -2.33. The molecule has 21 heavy (non-hydrogen) atoms. The summed E-state index contributed by atoms with van der Waals surface area (Å²) in [5, 5.41) is 0. The first kappa shape index (κ1) is 14.9. The fourth-order valence-corrected chi connectivity index (χ4v) is 3.29. The zero-order valence-corrected chi connectivity index (χ0v) is 12.5. The molecule has 0 saturated heterocycles. The number of hydrogen-bond acceptors (Lipinski definition) is 3. The van der Waals surface area contributed by atoms with Crippen LogP contribution in [0.1, 0.15) is 25.3 Å². The first-order valence-electron chi connectivity index (χ1n) is 6.32. The summed E-state index contributed by atoms with van der Waals surface area (Å²) in [5.74, 6) is -0.835. The molecule has 116 valence electrons. The molecule has 8 heteroatoms. The van der Waals surface area contributed by atoms with Crippen LogP contribution in [0.4, 0.5) is 17.6 Å². The molecule has 1 fully saturated rings. The Hall–Kier alpha value is -1.02. The molecule has 1 aromatic rings. The smallest absolute Gasteiger partial charge is 0.421 e. The second-order valence-corrected chi connectivity index (χ2v) is 6.32. The maximum absolute atomic E-state index is 13.2. The van der Waals surface area contributed by atoms with Crippen LogP contribution >= 0.6 is 15.9 Å². The van der Waals surface area contributed by atoms with Gasteiger partial charge in [-0.05, 0) is 37.5 Å². The topological polar surface area (TPSA) is 44.5 Å². The minimum absolute atomic E-state index is 0.196. The molecule has 1 heterocycles. The Kier molecular flexibility index (Phi) is 3.02. The highest BCUT2D eigenvalue weighted by atomic mass is 79.9. The van der Waals surface area contributed by atoms with Gasteiger partial charge in [0.2, 0.25) is 0 Å². The lowest BCUT2D eigenvalue weighted by molar-refractivity contribution is -0.391. The van der Waals surface area contributed by atoms with E-state index >= 15 is 0 Å². The molecule has 1 aromatic carbocycles. The third kappa shape index (κ3) is 2.11.